The second-order valence-electron chi connectivity index (χ2n) is 16.0. The Bertz CT molecular complexity index is 2600. The molecule has 0 heterocycles. The highest BCUT2D eigenvalue weighted by Gasteiger charge is 2.61. The van der Waals surface area contributed by atoms with Crippen molar-refractivity contribution in [1.82, 2.24) is 0 Å². The molecule has 3 aliphatic carbocycles. The first kappa shape index (κ1) is 36.6. The Kier molecular flexibility index (Phi) is 9.28. The van der Waals surface area contributed by atoms with Crippen molar-refractivity contribution in [3.8, 4) is 11.1 Å². The van der Waals surface area contributed by atoms with Crippen LogP contribution in [-0.2, 0) is 14.5 Å². The van der Waals surface area contributed by atoms with Crippen LogP contribution < -0.4 is 21.2 Å². The Labute approximate surface area is 332 Å². The number of fused-ring (bicyclic) bond motifs is 10. The Morgan fingerprint density at radius 1 is 0.625 bits per heavy atom. The quantitative estimate of drug-likeness (QED) is 0.114. The molecule has 9 rings (SSSR count). The predicted molar refractivity (Wildman–Crippen MR) is 238 cm³/mol. The molecule has 6 aromatic rings. The highest BCUT2D eigenvalue weighted by Crippen LogP contribution is 2.71. The Morgan fingerprint density at radius 3 is 1.80 bits per heavy atom. The number of allylic oxidation sites excluding steroid dienone is 5. The molecular weight excluding hydrogens is 719 g/mol. The summed E-state index contributed by atoms with van der Waals surface area (Å²) in [5.41, 5.74) is 9.60. The highest BCUT2D eigenvalue weighted by atomic mass is 31.2. The van der Waals surface area contributed by atoms with Crippen molar-refractivity contribution in [3.63, 3.8) is 0 Å². The maximum atomic E-state index is 16.0. The van der Waals surface area contributed by atoms with Crippen LogP contribution in [0.2, 0.25) is 0 Å². The van der Waals surface area contributed by atoms with Crippen LogP contribution in [0, 0.1) is 19.8 Å². The molecule has 0 N–H and O–H groups in total. The molecule has 0 radical (unpaired) electrons. The molecule has 278 valence electrons. The van der Waals surface area contributed by atoms with E-state index in [4.69, 9.17) is 0 Å². The van der Waals surface area contributed by atoms with E-state index in [1.807, 2.05) is 122 Å². The van der Waals surface area contributed by atoms with E-state index in [9.17, 15) is 0 Å². The monoisotopic (exact) mass is 766 g/mol. The van der Waals surface area contributed by atoms with E-state index in [1.54, 1.807) is 0 Å². The number of rotatable bonds is 8. The Balaban J connectivity index is 1.30. The van der Waals surface area contributed by atoms with Gasteiger partial charge in [0.2, 0.25) is 0 Å². The maximum Gasteiger partial charge on any atom is 0.171 e. The zero-order valence-electron chi connectivity index (χ0n) is 32.4. The van der Waals surface area contributed by atoms with Crippen LogP contribution in [0.3, 0.4) is 0 Å². The second kappa shape index (κ2) is 14.2. The first-order valence-corrected chi connectivity index (χ1v) is 23.4. The van der Waals surface area contributed by atoms with Crippen molar-refractivity contribution in [3.05, 3.63) is 215 Å². The predicted octanol–water partition coefficient (Wildman–Crippen LogP) is 11.9. The van der Waals surface area contributed by atoms with Gasteiger partial charge in [0.15, 0.2) is 7.14 Å². The summed E-state index contributed by atoms with van der Waals surface area (Å²) < 4.78 is 32.0. The van der Waals surface area contributed by atoms with Crippen molar-refractivity contribution < 1.29 is 9.13 Å². The van der Waals surface area contributed by atoms with Crippen molar-refractivity contribution in [2.75, 3.05) is 0 Å². The summed E-state index contributed by atoms with van der Waals surface area (Å²) in [6.45, 7) is 10.9. The van der Waals surface area contributed by atoms with Crippen molar-refractivity contribution in [1.29, 1.82) is 0 Å². The van der Waals surface area contributed by atoms with Crippen molar-refractivity contribution in [2.45, 2.75) is 57.0 Å². The third-order valence-electron chi connectivity index (χ3n) is 13.0. The summed E-state index contributed by atoms with van der Waals surface area (Å²) in [4.78, 5) is 0. The molecule has 56 heavy (non-hydrogen) atoms. The Morgan fingerprint density at radius 2 is 1.18 bits per heavy atom. The van der Waals surface area contributed by atoms with Crippen LogP contribution in [0.5, 0.6) is 0 Å². The van der Waals surface area contributed by atoms with E-state index in [2.05, 4.69) is 75.0 Å². The minimum atomic E-state index is -3.28. The van der Waals surface area contributed by atoms with Gasteiger partial charge in [-0.05, 0) is 91.3 Å². The van der Waals surface area contributed by atoms with Gasteiger partial charge in [-0.3, -0.25) is 0 Å². The molecule has 1 fully saturated rings. The molecule has 4 heteroatoms. The third kappa shape index (κ3) is 5.44. The zero-order valence-corrected chi connectivity index (χ0v) is 34.2. The standard InChI is InChI=1S/C52H48O2P2/c1-5-6-10-17-38(4)55(53,39-18-11-7-12-19-39)42-26-30-46-44-28-24-36(2)32-48(44)52(50(46)34-42)49-33-37(3)25-29-45(49)47-31-27-43(35-51(47)52)56(54,40-20-13-8-14-21-40)41-22-15-9-16-23-41/h5-25,27-29,31-33,35,42,46,50H,4,26,30,34H2,1-3H3/b6-5-,17-10-. The summed E-state index contributed by atoms with van der Waals surface area (Å²) >= 11 is 0. The average Bonchev–Trinajstić information content (AvgIpc) is 3.69. The number of benzene rings is 6. The van der Waals surface area contributed by atoms with Gasteiger partial charge in [-0.2, -0.15) is 0 Å². The minimum absolute atomic E-state index is 0.0820. The van der Waals surface area contributed by atoms with E-state index in [1.165, 1.54) is 44.5 Å². The maximum absolute atomic E-state index is 16.0. The van der Waals surface area contributed by atoms with Gasteiger partial charge >= 0.3 is 0 Å². The van der Waals surface area contributed by atoms with Gasteiger partial charge in [-0.15, -0.1) is 0 Å². The first-order chi connectivity index (χ1) is 27.2. The molecule has 1 saturated carbocycles. The molecule has 1 spiro atoms. The van der Waals surface area contributed by atoms with E-state index < -0.39 is 19.7 Å². The molecule has 3 aliphatic rings. The van der Waals surface area contributed by atoms with Gasteiger partial charge in [0.25, 0.3) is 0 Å². The molecule has 0 saturated heterocycles. The van der Waals surface area contributed by atoms with Crippen LogP contribution in [-0.4, -0.2) is 5.66 Å². The van der Waals surface area contributed by atoms with Gasteiger partial charge in [0.05, 0.1) is 5.41 Å². The van der Waals surface area contributed by atoms with Crippen LogP contribution >= 0.6 is 14.3 Å². The minimum Gasteiger partial charge on any atom is -0.313 e. The summed E-state index contributed by atoms with van der Waals surface area (Å²) in [6, 6.07) is 50.9. The fourth-order valence-electron chi connectivity index (χ4n) is 10.6. The summed E-state index contributed by atoms with van der Waals surface area (Å²) in [7, 11) is -6.42. The zero-order chi connectivity index (χ0) is 38.7. The summed E-state index contributed by atoms with van der Waals surface area (Å²) in [5.74, 6) is 0.420. The molecule has 2 nitrogen and oxygen atoms in total. The highest BCUT2D eigenvalue weighted by molar-refractivity contribution is 7.85. The molecule has 6 aromatic carbocycles. The lowest BCUT2D eigenvalue weighted by molar-refractivity contribution is 0.267. The normalized spacial score (nSPS) is 22.1. The number of hydrogen-bond donors (Lipinski definition) is 0. The molecular formula is C52H48O2P2. The van der Waals surface area contributed by atoms with E-state index in [0.29, 0.717) is 5.31 Å². The van der Waals surface area contributed by atoms with E-state index in [-0.39, 0.29) is 17.5 Å². The van der Waals surface area contributed by atoms with Crippen LogP contribution in [0.25, 0.3) is 11.1 Å². The van der Waals surface area contributed by atoms with Crippen LogP contribution in [0.15, 0.2) is 182 Å². The molecule has 0 amide bonds. The Hall–Kier alpha value is -5.00. The SMILES string of the molecule is C=C(/C=C\C=C/C)P(=O)(c1ccccc1)C1CCC2c3ccc(C)cc3C3(c4cc(C)ccc4-c4ccc(P(=O)(c5ccccc5)c5ccccc5)cc43)C2C1. The van der Waals surface area contributed by atoms with Gasteiger partial charge in [0, 0.05) is 32.2 Å². The van der Waals surface area contributed by atoms with E-state index in [0.717, 1.165) is 40.5 Å². The first-order valence-electron chi connectivity index (χ1n) is 20.0. The van der Waals surface area contributed by atoms with Gasteiger partial charge < -0.3 is 9.13 Å². The lowest BCUT2D eigenvalue weighted by Gasteiger charge is -2.44. The average molecular weight is 767 g/mol. The van der Waals surface area contributed by atoms with Crippen LogP contribution in [0.1, 0.15) is 65.5 Å². The van der Waals surface area contributed by atoms with Gasteiger partial charge in [-0.1, -0.05) is 182 Å². The smallest absolute Gasteiger partial charge is 0.171 e. The molecule has 5 atom stereocenters. The van der Waals surface area contributed by atoms with Crippen molar-refractivity contribution >= 4 is 35.5 Å². The largest absolute Gasteiger partial charge is 0.313 e. The molecule has 0 aliphatic heterocycles. The molecule has 0 aromatic heterocycles. The van der Waals surface area contributed by atoms with Gasteiger partial charge in [-0.25, -0.2) is 0 Å². The second-order valence-corrected chi connectivity index (χ2v) is 21.9. The third-order valence-corrected chi connectivity index (χ3v) is 19.6. The molecule has 0 bridgehead atoms. The topological polar surface area (TPSA) is 34.1 Å². The lowest BCUT2D eigenvalue weighted by atomic mass is 9.62. The number of hydrogen-bond acceptors (Lipinski definition) is 2. The van der Waals surface area contributed by atoms with Crippen molar-refractivity contribution in [2.24, 2.45) is 5.92 Å². The summed E-state index contributed by atoms with van der Waals surface area (Å²) in [6.07, 6.45) is 10.5. The van der Waals surface area contributed by atoms with E-state index >= 15 is 9.13 Å². The molecule has 5 unspecified atom stereocenters. The fraction of sp³-hybridized carbons (Fsp3) is 0.192. The summed E-state index contributed by atoms with van der Waals surface area (Å²) in [5, 5.41) is 4.11. The number of aryl methyl sites for hydroxylation is 2. The fourth-order valence-corrected chi connectivity index (χ4v) is 16.4. The van der Waals surface area contributed by atoms with Gasteiger partial charge in [0.1, 0.15) is 7.14 Å². The van der Waals surface area contributed by atoms with Crippen LogP contribution in [0.4, 0.5) is 0 Å². The lowest BCUT2D eigenvalue weighted by Crippen LogP contribution is -2.39.